The SMILES string of the molecule is C[C@@H](Sc1ccc2c(c1)OCCCO2)C(=O)c1ccc(NS(C)(=O)=O)cc1. The average Bonchev–Trinajstić information content (AvgIpc) is 2.85. The van der Waals surface area contributed by atoms with Gasteiger partial charge in [0, 0.05) is 22.6 Å². The third-order valence-electron chi connectivity index (χ3n) is 3.87. The van der Waals surface area contributed by atoms with E-state index in [1.807, 2.05) is 25.1 Å². The van der Waals surface area contributed by atoms with Gasteiger partial charge in [-0.2, -0.15) is 0 Å². The summed E-state index contributed by atoms with van der Waals surface area (Å²) in [5.41, 5.74) is 0.959. The lowest BCUT2D eigenvalue weighted by molar-refractivity contribution is 0.0994. The van der Waals surface area contributed by atoms with Gasteiger partial charge < -0.3 is 9.47 Å². The summed E-state index contributed by atoms with van der Waals surface area (Å²) in [4.78, 5) is 13.6. The molecule has 0 amide bonds. The van der Waals surface area contributed by atoms with Gasteiger partial charge in [-0.05, 0) is 49.4 Å². The first-order valence-electron chi connectivity index (χ1n) is 8.50. The van der Waals surface area contributed by atoms with Crippen molar-refractivity contribution in [1.29, 1.82) is 0 Å². The maximum absolute atomic E-state index is 12.7. The van der Waals surface area contributed by atoms with Crippen LogP contribution in [0.25, 0.3) is 0 Å². The Labute approximate surface area is 163 Å². The van der Waals surface area contributed by atoms with Gasteiger partial charge in [-0.15, -0.1) is 11.8 Å². The third-order valence-corrected chi connectivity index (χ3v) is 5.57. The Balaban J connectivity index is 1.68. The summed E-state index contributed by atoms with van der Waals surface area (Å²) in [5, 5.41) is -0.302. The van der Waals surface area contributed by atoms with E-state index in [-0.39, 0.29) is 11.0 Å². The van der Waals surface area contributed by atoms with E-state index >= 15 is 0 Å². The van der Waals surface area contributed by atoms with Crippen LogP contribution in [0.4, 0.5) is 5.69 Å². The lowest BCUT2D eigenvalue weighted by Gasteiger charge is -2.13. The highest BCUT2D eigenvalue weighted by Gasteiger charge is 2.18. The molecule has 0 unspecified atom stereocenters. The van der Waals surface area contributed by atoms with E-state index in [2.05, 4.69) is 4.72 Å². The maximum atomic E-state index is 12.7. The summed E-state index contributed by atoms with van der Waals surface area (Å²) in [6, 6.07) is 12.1. The van der Waals surface area contributed by atoms with Crippen LogP contribution >= 0.6 is 11.8 Å². The van der Waals surface area contributed by atoms with E-state index in [4.69, 9.17) is 9.47 Å². The molecule has 0 spiro atoms. The summed E-state index contributed by atoms with van der Waals surface area (Å²) >= 11 is 1.44. The quantitative estimate of drug-likeness (QED) is 0.582. The van der Waals surface area contributed by atoms with E-state index in [0.29, 0.717) is 30.2 Å². The molecule has 144 valence electrons. The number of ketones is 1. The topological polar surface area (TPSA) is 81.7 Å². The number of rotatable bonds is 6. The molecule has 6 nitrogen and oxygen atoms in total. The largest absolute Gasteiger partial charge is 0.490 e. The second-order valence-corrected chi connectivity index (χ2v) is 9.40. The van der Waals surface area contributed by atoms with Gasteiger partial charge in [-0.3, -0.25) is 9.52 Å². The molecule has 0 fully saturated rings. The minimum Gasteiger partial charge on any atom is -0.490 e. The maximum Gasteiger partial charge on any atom is 0.229 e. The van der Waals surface area contributed by atoms with Gasteiger partial charge in [0.1, 0.15) is 0 Å². The summed E-state index contributed by atoms with van der Waals surface area (Å²) in [7, 11) is -3.34. The molecule has 1 heterocycles. The van der Waals surface area contributed by atoms with Crippen LogP contribution in [0.5, 0.6) is 11.5 Å². The van der Waals surface area contributed by atoms with Crippen LogP contribution in [0.15, 0.2) is 47.4 Å². The molecule has 0 saturated heterocycles. The summed E-state index contributed by atoms with van der Waals surface area (Å²) < 4.78 is 36.2. The molecule has 8 heteroatoms. The zero-order valence-electron chi connectivity index (χ0n) is 15.1. The van der Waals surface area contributed by atoms with Crippen molar-refractivity contribution in [3.05, 3.63) is 48.0 Å². The predicted molar refractivity (Wildman–Crippen MR) is 107 cm³/mol. The van der Waals surface area contributed by atoms with Gasteiger partial charge in [0.25, 0.3) is 0 Å². The number of ether oxygens (including phenoxy) is 2. The molecule has 1 aliphatic rings. The smallest absolute Gasteiger partial charge is 0.229 e. The second-order valence-electron chi connectivity index (χ2n) is 6.23. The highest BCUT2D eigenvalue weighted by atomic mass is 32.2. The molecular weight excluding hydrogens is 386 g/mol. The Morgan fingerprint density at radius 2 is 1.74 bits per heavy atom. The lowest BCUT2D eigenvalue weighted by atomic mass is 10.1. The summed E-state index contributed by atoms with van der Waals surface area (Å²) in [6.45, 7) is 3.10. The fourth-order valence-electron chi connectivity index (χ4n) is 2.63. The van der Waals surface area contributed by atoms with Crippen molar-refractivity contribution >= 4 is 33.3 Å². The second kappa shape index (κ2) is 8.22. The first kappa shape index (κ1) is 19.6. The molecule has 2 aromatic carbocycles. The number of thioether (sulfide) groups is 1. The van der Waals surface area contributed by atoms with E-state index in [9.17, 15) is 13.2 Å². The van der Waals surface area contributed by atoms with Gasteiger partial charge in [-0.1, -0.05) is 0 Å². The number of hydrogen-bond donors (Lipinski definition) is 1. The molecule has 1 atom stereocenters. The molecule has 27 heavy (non-hydrogen) atoms. The zero-order valence-corrected chi connectivity index (χ0v) is 16.7. The molecular formula is C19H21NO5S2. The molecule has 0 bridgehead atoms. The standard InChI is InChI=1S/C19H21NO5S2/c1-13(19(21)14-4-6-15(7-5-14)20-27(2,22)23)26-16-8-9-17-18(12-16)25-11-3-10-24-17/h4-9,12-13,20H,3,10-11H2,1-2H3/t13-/m1/s1. The highest BCUT2D eigenvalue weighted by Crippen LogP contribution is 2.35. The van der Waals surface area contributed by atoms with E-state index in [0.717, 1.165) is 23.3 Å². The van der Waals surface area contributed by atoms with Crippen molar-refractivity contribution in [2.24, 2.45) is 0 Å². The van der Waals surface area contributed by atoms with Gasteiger partial charge in [0.2, 0.25) is 10.0 Å². The number of anilines is 1. The monoisotopic (exact) mass is 407 g/mol. The fourth-order valence-corrected chi connectivity index (χ4v) is 4.16. The highest BCUT2D eigenvalue weighted by molar-refractivity contribution is 8.00. The zero-order chi connectivity index (χ0) is 19.4. The Morgan fingerprint density at radius 1 is 1.07 bits per heavy atom. The van der Waals surface area contributed by atoms with Crippen molar-refractivity contribution in [3.63, 3.8) is 0 Å². The molecule has 1 N–H and O–H groups in total. The number of nitrogens with one attached hydrogen (secondary N) is 1. The Bertz CT molecular complexity index is 926. The van der Waals surface area contributed by atoms with Gasteiger partial charge in [-0.25, -0.2) is 8.42 Å². The van der Waals surface area contributed by atoms with Crippen molar-refractivity contribution < 1.29 is 22.7 Å². The van der Waals surface area contributed by atoms with Crippen LogP contribution in [0.2, 0.25) is 0 Å². The minimum atomic E-state index is -3.34. The average molecular weight is 408 g/mol. The van der Waals surface area contributed by atoms with Gasteiger partial charge >= 0.3 is 0 Å². The van der Waals surface area contributed by atoms with Crippen LogP contribution in [0, 0.1) is 0 Å². The van der Waals surface area contributed by atoms with Crippen molar-refractivity contribution in [2.45, 2.75) is 23.5 Å². The molecule has 3 rings (SSSR count). The first-order chi connectivity index (χ1) is 12.8. The van der Waals surface area contributed by atoms with Crippen molar-refractivity contribution in [2.75, 3.05) is 24.2 Å². The van der Waals surface area contributed by atoms with E-state index in [1.165, 1.54) is 11.8 Å². The van der Waals surface area contributed by atoms with Crippen molar-refractivity contribution in [3.8, 4) is 11.5 Å². The van der Waals surface area contributed by atoms with Crippen LogP contribution < -0.4 is 14.2 Å². The van der Waals surface area contributed by atoms with Crippen LogP contribution in [0.1, 0.15) is 23.7 Å². The molecule has 0 radical (unpaired) electrons. The number of carbonyl (C=O) groups excluding carboxylic acids is 1. The lowest BCUT2D eigenvalue weighted by Crippen LogP contribution is -2.14. The van der Waals surface area contributed by atoms with Crippen molar-refractivity contribution in [1.82, 2.24) is 0 Å². The predicted octanol–water partition coefficient (Wildman–Crippen LogP) is 3.58. The number of sulfonamides is 1. The van der Waals surface area contributed by atoms with Gasteiger partial charge in [0.05, 0.1) is 24.7 Å². The Hall–Kier alpha value is -2.19. The molecule has 0 saturated carbocycles. The summed E-state index contributed by atoms with van der Waals surface area (Å²) in [6.07, 6.45) is 1.93. The summed E-state index contributed by atoms with van der Waals surface area (Å²) in [5.74, 6) is 1.40. The molecule has 0 aromatic heterocycles. The normalized spacial score (nSPS) is 14.9. The van der Waals surface area contributed by atoms with E-state index in [1.54, 1.807) is 24.3 Å². The van der Waals surface area contributed by atoms with Crippen LogP contribution in [-0.4, -0.2) is 38.9 Å². The molecule has 1 aliphatic heterocycles. The Kier molecular flexibility index (Phi) is 5.96. The van der Waals surface area contributed by atoms with Crippen LogP contribution in [-0.2, 0) is 10.0 Å². The number of Topliss-reactive ketones (excluding diaryl/α,β-unsaturated/α-hetero) is 1. The first-order valence-corrected chi connectivity index (χ1v) is 11.3. The van der Waals surface area contributed by atoms with Crippen LogP contribution in [0.3, 0.4) is 0 Å². The van der Waals surface area contributed by atoms with E-state index < -0.39 is 10.0 Å². The molecule has 0 aliphatic carbocycles. The number of hydrogen-bond acceptors (Lipinski definition) is 6. The fraction of sp³-hybridized carbons (Fsp3) is 0.316. The number of carbonyl (C=O) groups is 1. The minimum absolute atomic E-state index is 0.0296. The third kappa shape index (κ3) is 5.40. The Morgan fingerprint density at radius 3 is 2.41 bits per heavy atom. The van der Waals surface area contributed by atoms with Gasteiger partial charge in [0.15, 0.2) is 17.3 Å². The number of fused-ring (bicyclic) bond motifs is 1. The number of benzene rings is 2. The molecule has 2 aromatic rings.